The van der Waals surface area contributed by atoms with Gasteiger partial charge in [0.05, 0.1) is 18.9 Å². The van der Waals surface area contributed by atoms with E-state index in [0.717, 1.165) is 11.1 Å². The number of rotatable bonds is 7. The predicted molar refractivity (Wildman–Crippen MR) is 108 cm³/mol. The fourth-order valence-electron chi connectivity index (χ4n) is 2.56. The van der Waals surface area contributed by atoms with E-state index in [9.17, 15) is 9.18 Å². The van der Waals surface area contributed by atoms with Crippen molar-refractivity contribution in [2.75, 3.05) is 7.11 Å². The number of aryl methyl sites for hydroxylation is 1. The Morgan fingerprint density at radius 1 is 1.03 bits per heavy atom. The van der Waals surface area contributed by atoms with E-state index in [2.05, 4.69) is 5.16 Å². The number of hydrogen-bond acceptors (Lipinski definition) is 5. The molecule has 0 radical (unpaired) electrons. The molecule has 0 amide bonds. The van der Waals surface area contributed by atoms with Crippen LogP contribution in [0.25, 0.3) is 0 Å². The maximum Gasteiger partial charge on any atom is 0.365 e. The Morgan fingerprint density at radius 2 is 1.76 bits per heavy atom. The van der Waals surface area contributed by atoms with E-state index in [1.54, 1.807) is 43.5 Å². The summed E-state index contributed by atoms with van der Waals surface area (Å²) in [7, 11) is 1.56. The summed E-state index contributed by atoms with van der Waals surface area (Å²) in [5.41, 5.74) is 2.96. The lowest BCUT2D eigenvalue weighted by Gasteiger charge is -2.11. The molecule has 3 aromatic carbocycles. The Balaban J connectivity index is 1.65. The van der Waals surface area contributed by atoms with Crippen molar-refractivity contribution >= 4 is 12.2 Å². The van der Waals surface area contributed by atoms with Gasteiger partial charge in [-0.15, -0.1) is 0 Å². The van der Waals surface area contributed by atoms with Gasteiger partial charge in [-0.25, -0.2) is 9.18 Å². The summed E-state index contributed by atoms with van der Waals surface area (Å²) in [6.45, 7) is 2.16. The van der Waals surface area contributed by atoms with Gasteiger partial charge in [-0.05, 0) is 67.1 Å². The molecule has 0 heterocycles. The van der Waals surface area contributed by atoms with Crippen molar-refractivity contribution in [1.82, 2.24) is 0 Å². The van der Waals surface area contributed by atoms with Crippen molar-refractivity contribution < 1.29 is 23.5 Å². The van der Waals surface area contributed by atoms with Crippen LogP contribution in [0, 0.1) is 12.7 Å². The summed E-state index contributed by atoms with van der Waals surface area (Å²) in [5.74, 6) is 0.323. The Morgan fingerprint density at radius 3 is 2.45 bits per heavy atom. The number of carbonyl (C=O) groups excluding carboxylic acids is 1. The largest absolute Gasteiger partial charge is 0.496 e. The lowest BCUT2D eigenvalue weighted by Crippen LogP contribution is -2.02. The molecule has 0 spiro atoms. The highest BCUT2D eigenvalue weighted by Crippen LogP contribution is 2.22. The van der Waals surface area contributed by atoms with Crippen LogP contribution in [0.5, 0.6) is 11.5 Å². The fraction of sp³-hybridized carbons (Fsp3) is 0.130. The van der Waals surface area contributed by atoms with Gasteiger partial charge in [-0.2, -0.15) is 0 Å². The highest BCUT2D eigenvalue weighted by atomic mass is 19.1. The van der Waals surface area contributed by atoms with Crippen LogP contribution in [0.15, 0.2) is 71.9 Å². The number of hydrogen-bond donors (Lipinski definition) is 0. The normalized spacial score (nSPS) is 10.7. The van der Waals surface area contributed by atoms with Crippen LogP contribution in [-0.4, -0.2) is 19.3 Å². The molecule has 0 aromatic heterocycles. The average Bonchev–Trinajstić information content (AvgIpc) is 2.74. The first kappa shape index (κ1) is 20.1. The number of benzene rings is 3. The van der Waals surface area contributed by atoms with E-state index in [4.69, 9.17) is 14.3 Å². The number of nitrogens with zero attached hydrogens (tertiary/aromatic N) is 1. The molecule has 0 N–H and O–H groups in total. The van der Waals surface area contributed by atoms with E-state index in [1.807, 2.05) is 25.1 Å². The van der Waals surface area contributed by atoms with Crippen molar-refractivity contribution in [2.24, 2.45) is 5.16 Å². The van der Waals surface area contributed by atoms with Gasteiger partial charge in [0.2, 0.25) is 0 Å². The van der Waals surface area contributed by atoms with Crippen LogP contribution in [0.3, 0.4) is 0 Å². The van der Waals surface area contributed by atoms with Gasteiger partial charge in [0.15, 0.2) is 0 Å². The average molecular weight is 393 g/mol. The smallest absolute Gasteiger partial charge is 0.365 e. The van der Waals surface area contributed by atoms with E-state index in [0.29, 0.717) is 22.6 Å². The molecule has 0 aliphatic carbocycles. The molecule has 0 saturated heterocycles. The molecule has 0 bridgehead atoms. The molecule has 6 heteroatoms. The minimum atomic E-state index is -0.533. The Labute approximate surface area is 168 Å². The van der Waals surface area contributed by atoms with Crippen LogP contribution >= 0.6 is 0 Å². The summed E-state index contributed by atoms with van der Waals surface area (Å²) < 4.78 is 24.0. The SMILES string of the molecule is COc1ccc(/C=N/OC(=O)c2ccc(C)cc2)cc1COc1ccc(F)cc1. The molecule has 0 aliphatic rings. The van der Waals surface area contributed by atoms with Crippen molar-refractivity contribution in [2.45, 2.75) is 13.5 Å². The van der Waals surface area contributed by atoms with Crippen LogP contribution in [0.4, 0.5) is 4.39 Å². The topological polar surface area (TPSA) is 57.1 Å². The zero-order valence-electron chi connectivity index (χ0n) is 16.1. The third kappa shape index (κ3) is 5.65. The number of ether oxygens (including phenoxy) is 2. The first-order valence-electron chi connectivity index (χ1n) is 8.92. The second-order valence-corrected chi connectivity index (χ2v) is 6.29. The van der Waals surface area contributed by atoms with Crippen molar-refractivity contribution in [1.29, 1.82) is 0 Å². The van der Waals surface area contributed by atoms with Crippen LogP contribution < -0.4 is 9.47 Å². The van der Waals surface area contributed by atoms with Gasteiger partial charge in [-0.1, -0.05) is 22.9 Å². The minimum absolute atomic E-state index is 0.222. The van der Waals surface area contributed by atoms with Gasteiger partial charge in [0.25, 0.3) is 0 Å². The van der Waals surface area contributed by atoms with Gasteiger partial charge >= 0.3 is 5.97 Å². The van der Waals surface area contributed by atoms with Gasteiger partial charge < -0.3 is 14.3 Å². The Hall–Kier alpha value is -3.67. The van der Waals surface area contributed by atoms with Crippen LogP contribution in [0.1, 0.15) is 27.0 Å². The molecule has 0 aliphatic heterocycles. The molecule has 0 saturated carbocycles. The predicted octanol–water partition coefficient (Wildman–Crippen LogP) is 4.91. The fourth-order valence-corrected chi connectivity index (χ4v) is 2.56. The third-order valence-electron chi connectivity index (χ3n) is 4.14. The second-order valence-electron chi connectivity index (χ2n) is 6.29. The quantitative estimate of drug-likeness (QED) is 0.325. The monoisotopic (exact) mass is 393 g/mol. The van der Waals surface area contributed by atoms with E-state index in [-0.39, 0.29) is 12.4 Å². The molecule has 0 fully saturated rings. The van der Waals surface area contributed by atoms with E-state index < -0.39 is 5.97 Å². The highest BCUT2D eigenvalue weighted by Gasteiger charge is 2.07. The third-order valence-corrected chi connectivity index (χ3v) is 4.14. The molecular weight excluding hydrogens is 373 g/mol. The highest BCUT2D eigenvalue weighted by molar-refractivity contribution is 5.90. The summed E-state index contributed by atoms with van der Waals surface area (Å²) in [6.07, 6.45) is 1.44. The van der Waals surface area contributed by atoms with E-state index >= 15 is 0 Å². The Kier molecular flexibility index (Phi) is 6.58. The van der Waals surface area contributed by atoms with Gasteiger partial charge in [-0.3, -0.25) is 0 Å². The summed E-state index contributed by atoms with van der Waals surface area (Å²) >= 11 is 0. The lowest BCUT2D eigenvalue weighted by atomic mass is 10.1. The lowest BCUT2D eigenvalue weighted by molar-refractivity contribution is 0.0519. The summed E-state index contributed by atoms with van der Waals surface area (Å²) in [6, 6.07) is 18.2. The summed E-state index contributed by atoms with van der Waals surface area (Å²) in [4.78, 5) is 16.9. The molecule has 148 valence electrons. The Bertz CT molecular complexity index is 998. The van der Waals surface area contributed by atoms with Crippen molar-refractivity contribution in [3.63, 3.8) is 0 Å². The van der Waals surface area contributed by atoms with Crippen LogP contribution in [-0.2, 0) is 11.4 Å². The molecule has 3 aromatic rings. The molecule has 29 heavy (non-hydrogen) atoms. The number of carbonyl (C=O) groups is 1. The molecular formula is C23H20FNO4. The number of methoxy groups -OCH3 is 1. The maximum atomic E-state index is 13.0. The molecule has 0 unspecified atom stereocenters. The molecule has 0 atom stereocenters. The van der Waals surface area contributed by atoms with E-state index in [1.165, 1.54) is 18.3 Å². The second kappa shape index (κ2) is 9.50. The van der Waals surface area contributed by atoms with Gasteiger partial charge in [0.1, 0.15) is 23.9 Å². The first-order valence-corrected chi connectivity index (χ1v) is 8.92. The first-order chi connectivity index (χ1) is 14.0. The number of halogens is 1. The molecule has 5 nitrogen and oxygen atoms in total. The van der Waals surface area contributed by atoms with Crippen molar-refractivity contribution in [3.05, 3.63) is 94.8 Å². The zero-order chi connectivity index (χ0) is 20.6. The maximum absolute atomic E-state index is 13.0. The number of oxime groups is 1. The van der Waals surface area contributed by atoms with Crippen LogP contribution in [0.2, 0.25) is 0 Å². The minimum Gasteiger partial charge on any atom is -0.496 e. The standard InChI is InChI=1S/C23H20FNO4/c1-16-3-6-18(7-4-16)23(26)29-25-14-17-5-12-22(27-2)19(13-17)15-28-21-10-8-20(24)9-11-21/h3-14H,15H2,1-2H3/b25-14+. The molecule has 3 rings (SSSR count). The zero-order valence-corrected chi connectivity index (χ0v) is 16.1. The van der Waals surface area contributed by atoms with Crippen molar-refractivity contribution in [3.8, 4) is 11.5 Å². The summed E-state index contributed by atoms with van der Waals surface area (Å²) in [5, 5.41) is 3.77. The van der Waals surface area contributed by atoms with Gasteiger partial charge in [0, 0.05) is 5.56 Å².